The molecule has 0 atom stereocenters. The maximum atomic E-state index is 11.3. The number of nitrogens with two attached hydrogens (primary N) is 1. The van der Waals surface area contributed by atoms with Crippen LogP contribution in [-0.4, -0.2) is 44.8 Å². The van der Waals surface area contributed by atoms with Crippen molar-refractivity contribution in [1.82, 2.24) is 10.3 Å². The van der Waals surface area contributed by atoms with Gasteiger partial charge in [-0.05, 0) is 18.2 Å². The molecule has 0 aromatic heterocycles. The second-order valence-electron chi connectivity index (χ2n) is 4.88. The Hall–Kier alpha value is -1.44. The lowest BCUT2D eigenvalue weighted by Crippen LogP contribution is -2.32. The molecule has 112 valence electrons. The topological polar surface area (TPSA) is 92.5 Å². The molecule has 0 aliphatic rings. The van der Waals surface area contributed by atoms with Gasteiger partial charge in [0.25, 0.3) is 0 Å². The molecule has 1 amide bonds. The van der Waals surface area contributed by atoms with E-state index in [1.54, 1.807) is 0 Å². The lowest BCUT2D eigenvalue weighted by atomic mass is 10.0. The predicted octanol–water partition coefficient (Wildman–Crippen LogP) is -0.305. The Morgan fingerprint density at radius 3 is 2.45 bits per heavy atom. The molecule has 0 bridgehead atoms. The molecule has 0 saturated carbocycles. The van der Waals surface area contributed by atoms with Gasteiger partial charge < -0.3 is 4.90 Å². The number of amides is 1. The molecule has 6 nitrogen and oxygen atoms in total. The lowest BCUT2D eigenvalue weighted by molar-refractivity contribution is -0.120. The number of hydrazine groups is 1. The number of rotatable bonds is 7. The third kappa shape index (κ3) is 6.14. The van der Waals surface area contributed by atoms with Crippen LogP contribution in [0.1, 0.15) is 11.1 Å². The second kappa shape index (κ2) is 7.37. The molecular formula is C13H21N3O3S. The zero-order valence-corrected chi connectivity index (χ0v) is 12.6. The summed E-state index contributed by atoms with van der Waals surface area (Å²) < 4.78 is 22.3. The zero-order chi connectivity index (χ0) is 15.2. The Bertz CT molecular complexity index is 558. The van der Waals surface area contributed by atoms with Crippen molar-refractivity contribution >= 4 is 15.7 Å². The monoisotopic (exact) mass is 299 g/mol. The van der Waals surface area contributed by atoms with E-state index in [0.29, 0.717) is 13.1 Å². The number of nitrogens with one attached hydrogen (secondary N) is 1. The zero-order valence-electron chi connectivity index (χ0n) is 11.8. The average Bonchev–Trinajstić information content (AvgIpc) is 2.38. The fourth-order valence-corrected chi connectivity index (χ4v) is 2.44. The first-order chi connectivity index (χ1) is 9.31. The summed E-state index contributed by atoms with van der Waals surface area (Å²) in [5.41, 5.74) is 3.99. The standard InChI is InChI=1S/C13H21N3O3S/c1-16(7-8-20(2,18)19)10-12-6-4-3-5-11(12)9-13(17)15-14/h3-6H,7-10,14H2,1-2H3,(H,15,17). The van der Waals surface area contributed by atoms with Crippen LogP contribution in [0.2, 0.25) is 0 Å². The van der Waals surface area contributed by atoms with Crippen LogP contribution in [0.15, 0.2) is 24.3 Å². The molecule has 0 spiro atoms. The van der Waals surface area contributed by atoms with Crippen molar-refractivity contribution in [2.45, 2.75) is 13.0 Å². The smallest absolute Gasteiger partial charge is 0.238 e. The first-order valence-corrected chi connectivity index (χ1v) is 8.30. The van der Waals surface area contributed by atoms with E-state index in [-0.39, 0.29) is 18.1 Å². The SMILES string of the molecule is CN(CCS(C)(=O)=O)Cc1ccccc1CC(=O)NN. The van der Waals surface area contributed by atoms with Gasteiger partial charge in [0.2, 0.25) is 5.91 Å². The third-order valence-electron chi connectivity index (χ3n) is 2.91. The molecule has 0 aliphatic heterocycles. The van der Waals surface area contributed by atoms with Gasteiger partial charge in [0.1, 0.15) is 9.84 Å². The van der Waals surface area contributed by atoms with Gasteiger partial charge in [0, 0.05) is 19.3 Å². The molecule has 1 aromatic carbocycles. The normalized spacial score (nSPS) is 11.6. The van der Waals surface area contributed by atoms with Gasteiger partial charge in [-0.2, -0.15) is 0 Å². The highest BCUT2D eigenvalue weighted by Gasteiger charge is 2.10. The van der Waals surface area contributed by atoms with E-state index < -0.39 is 9.84 Å². The van der Waals surface area contributed by atoms with Crippen molar-refractivity contribution in [1.29, 1.82) is 0 Å². The van der Waals surface area contributed by atoms with E-state index in [1.807, 2.05) is 36.2 Å². The fourth-order valence-electron chi connectivity index (χ4n) is 1.80. The van der Waals surface area contributed by atoms with Gasteiger partial charge in [0.15, 0.2) is 0 Å². The Morgan fingerprint density at radius 2 is 1.90 bits per heavy atom. The van der Waals surface area contributed by atoms with Crippen molar-refractivity contribution in [3.63, 3.8) is 0 Å². The van der Waals surface area contributed by atoms with Crippen molar-refractivity contribution in [3.05, 3.63) is 35.4 Å². The number of benzene rings is 1. The van der Waals surface area contributed by atoms with E-state index in [2.05, 4.69) is 5.43 Å². The van der Waals surface area contributed by atoms with E-state index in [9.17, 15) is 13.2 Å². The van der Waals surface area contributed by atoms with Crippen molar-refractivity contribution < 1.29 is 13.2 Å². The molecule has 0 heterocycles. The summed E-state index contributed by atoms with van der Waals surface area (Å²) in [6.07, 6.45) is 1.44. The van der Waals surface area contributed by atoms with Crippen LogP contribution in [0, 0.1) is 0 Å². The van der Waals surface area contributed by atoms with Gasteiger partial charge in [0.05, 0.1) is 12.2 Å². The van der Waals surface area contributed by atoms with Gasteiger partial charge in [-0.15, -0.1) is 0 Å². The number of carbonyl (C=O) groups is 1. The third-order valence-corrected chi connectivity index (χ3v) is 3.84. The highest BCUT2D eigenvalue weighted by Crippen LogP contribution is 2.12. The van der Waals surface area contributed by atoms with Gasteiger partial charge in [-0.3, -0.25) is 10.2 Å². The molecule has 0 radical (unpaired) electrons. The van der Waals surface area contributed by atoms with Crippen molar-refractivity contribution in [2.24, 2.45) is 5.84 Å². The van der Waals surface area contributed by atoms with E-state index in [1.165, 1.54) is 6.26 Å². The summed E-state index contributed by atoms with van der Waals surface area (Å²) in [6.45, 7) is 1.04. The van der Waals surface area contributed by atoms with Crippen molar-refractivity contribution in [3.8, 4) is 0 Å². The minimum atomic E-state index is -2.97. The predicted molar refractivity (Wildman–Crippen MR) is 78.5 cm³/mol. The molecule has 1 rings (SSSR count). The van der Waals surface area contributed by atoms with Gasteiger partial charge in [-0.25, -0.2) is 14.3 Å². The molecule has 7 heteroatoms. The first-order valence-electron chi connectivity index (χ1n) is 6.24. The summed E-state index contributed by atoms with van der Waals surface area (Å²) in [5.74, 6) is 4.96. The van der Waals surface area contributed by atoms with E-state index >= 15 is 0 Å². The Labute approximate surface area is 119 Å². The van der Waals surface area contributed by atoms with Crippen LogP contribution in [-0.2, 0) is 27.6 Å². The Kier molecular flexibility index (Phi) is 6.12. The number of sulfone groups is 1. The minimum absolute atomic E-state index is 0.120. The van der Waals surface area contributed by atoms with Crippen LogP contribution in [0.4, 0.5) is 0 Å². The van der Waals surface area contributed by atoms with Gasteiger partial charge in [-0.1, -0.05) is 24.3 Å². The van der Waals surface area contributed by atoms with Crippen molar-refractivity contribution in [2.75, 3.05) is 25.6 Å². The maximum absolute atomic E-state index is 11.3. The number of nitrogens with zero attached hydrogens (tertiary/aromatic N) is 1. The van der Waals surface area contributed by atoms with Crippen LogP contribution in [0.5, 0.6) is 0 Å². The Balaban J connectivity index is 2.69. The molecule has 0 unspecified atom stereocenters. The largest absolute Gasteiger partial charge is 0.301 e. The summed E-state index contributed by atoms with van der Waals surface area (Å²) in [4.78, 5) is 13.3. The summed E-state index contributed by atoms with van der Waals surface area (Å²) in [5, 5.41) is 0. The van der Waals surface area contributed by atoms with E-state index in [0.717, 1.165) is 11.1 Å². The average molecular weight is 299 g/mol. The highest BCUT2D eigenvalue weighted by molar-refractivity contribution is 7.90. The fraction of sp³-hybridized carbons (Fsp3) is 0.462. The molecule has 20 heavy (non-hydrogen) atoms. The highest BCUT2D eigenvalue weighted by atomic mass is 32.2. The quantitative estimate of drug-likeness (QED) is 0.409. The van der Waals surface area contributed by atoms with Crippen LogP contribution < -0.4 is 11.3 Å². The maximum Gasteiger partial charge on any atom is 0.238 e. The number of carbonyl (C=O) groups excluding carboxylic acids is 1. The van der Waals surface area contributed by atoms with Crippen LogP contribution >= 0.6 is 0 Å². The lowest BCUT2D eigenvalue weighted by Gasteiger charge is -2.18. The molecule has 0 saturated heterocycles. The molecular weight excluding hydrogens is 278 g/mol. The van der Waals surface area contributed by atoms with E-state index in [4.69, 9.17) is 5.84 Å². The van der Waals surface area contributed by atoms with Gasteiger partial charge >= 0.3 is 0 Å². The second-order valence-corrected chi connectivity index (χ2v) is 7.14. The minimum Gasteiger partial charge on any atom is -0.301 e. The summed E-state index contributed by atoms with van der Waals surface area (Å²) >= 11 is 0. The molecule has 3 N–H and O–H groups in total. The summed E-state index contributed by atoms with van der Waals surface area (Å²) in [7, 11) is -1.11. The van der Waals surface area contributed by atoms with Crippen LogP contribution in [0.25, 0.3) is 0 Å². The molecule has 0 fully saturated rings. The number of hydrogen-bond acceptors (Lipinski definition) is 5. The summed E-state index contributed by atoms with van der Waals surface area (Å²) in [6, 6.07) is 7.55. The first kappa shape index (κ1) is 16.6. The number of hydrogen-bond donors (Lipinski definition) is 2. The van der Waals surface area contributed by atoms with Crippen LogP contribution in [0.3, 0.4) is 0 Å². The Morgan fingerprint density at radius 1 is 1.30 bits per heavy atom. The molecule has 1 aromatic rings. The molecule has 0 aliphatic carbocycles.